The SMILES string of the molecule is c1ccc(N(c2ccccc2)c2ccc(-n3c4ccncc4c4c5ccc6cc7c(c8ccc(cc43)c5c68)c3cnccc3n7-c3ccc(N(c4ccccc4)c4ccccc4)cc3)cc2)cc1.c1ccc2c(c1)ccc1cc(-n3c4ccncc4c4c5ccc6cc7c(c8ccc(cc43)c5c68)c3cnccc3n7-c3ccc4c(ccc5ccccc54)c3)ccc12. The molecule has 126 heavy (non-hydrogen) atoms. The molecule has 0 amide bonds. The molecule has 8 heterocycles. The van der Waals surface area contributed by atoms with Crippen molar-refractivity contribution in [3.63, 3.8) is 0 Å². The van der Waals surface area contributed by atoms with E-state index in [1.807, 2.05) is 49.6 Å². The third-order valence-electron chi connectivity index (χ3n) is 26.7. The van der Waals surface area contributed by atoms with E-state index in [1.54, 1.807) is 0 Å². The number of fused-ring (bicyclic) bond motifs is 22. The number of pyridine rings is 4. The molecule has 28 rings (SSSR count). The smallest absolute Gasteiger partial charge is 0.0572 e. The molecule has 10 heteroatoms. The number of hydrogen-bond donors (Lipinski definition) is 0. The lowest BCUT2D eigenvalue weighted by molar-refractivity contribution is 1.17. The normalized spacial score (nSPS) is 12.1. The van der Waals surface area contributed by atoms with Gasteiger partial charge in [-0.3, -0.25) is 19.9 Å². The second-order valence-corrected chi connectivity index (χ2v) is 33.3. The van der Waals surface area contributed by atoms with Gasteiger partial charge < -0.3 is 28.1 Å². The van der Waals surface area contributed by atoms with Gasteiger partial charge in [-0.1, -0.05) is 206 Å². The molecule has 0 saturated carbocycles. The Morgan fingerprint density at radius 1 is 0.151 bits per heavy atom. The second-order valence-electron chi connectivity index (χ2n) is 33.3. The van der Waals surface area contributed by atoms with Gasteiger partial charge in [-0.05, 0) is 278 Å². The number of nitrogens with zero attached hydrogens (tertiary/aromatic N) is 10. The average Bonchev–Trinajstić information content (AvgIpc) is 1.50. The van der Waals surface area contributed by atoms with Crippen LogP contribution in [0.2, 0.25) is 0 Å². The van der Waals surface area contributed by atoms with Gasteiger partial charge in [-0.25, -0.2) is 0 Å². The molecule has 8 aromatic heterocycles. The molecular weight excluding hydrogens is 1530 g/mol. The van der Waals surface area contributed by atoms with Gasteiger partial charge in [0, 0.05) is 150 Å². The Balaban J connectivity index is 0.000000132. The van der Waals surface area contributed by atoms with Crippen LogP contribution in [0.3, 0.4) is 0 Å². The summed E-state index contributed by atoms with van der Waals surface area (Å²) in [6, 6.07) is 137. The molecule has 0 saturated heterocycles. The fourth-order valence-electron chi connectivity index (χ4n) is 21.4. The minimum absolute atomic E-state index is 1.09. The highest BCUT2D eigenvalue weighted by Crippen LogP contribution is 2.51. The zero-order valence-corrected chi connectivity index (χ0v) is 67.9. The Hall–Kier alpha value is -17.1. The van der Waals surface area contributed by atoms with Crippen LogP contribution >= 0.6 is 0 Å². The Bertz CT molecular complexity index is 8720. The van der Waals surface area contributed by atoms with E-state index in [2.05, 4.69) is 414 Å². The van der Waals surface area contributed by atoms with E-state index >= 15 is 0 Å². The van der Waals surface area contributed by atoms with E-state index < -0.39 is 0 Å². The molecule has 0 spiro atoms. The van der Waals surface area contributed by atoms with E-state index in [-0.39, 0.29) is 0 Å². The lowest BCUT2D eigenvalue weighted by Gasteiger charge is -2.25. The van der Waals surface area contributed by atoms with Gasteiger partial charge >= 0.3 is 0 Å². The number of benzene rings is 20. The Morgan fingerprint density at radius 2 is 0.389 bits per heavy atom. The van der Waals surface area contributed by atoms with Gasteiger partial charge in [0.1, 0.15) is 0 Å². The second kappa shape index (κ2) is 27.2. The topological polar surface area (TPSA) is 77.8 Å². The molecule has 0 bridgehead atoms. The molecule has 0 atom stereocenters. The van der Waals surface area contributed by atoms with Gasteiger partial charge in [0.05, 0.1) is 44.1 Å². The number of aromatic nitrogens is 8. The van der Waals surface area contributed by atoms with Crippen LogP contribution in [0.15, 0.2) is 426 Å². The molecule has 10 nitrogen and oxygen atoms in total. The first-order valence-electron chi connectivity index (χ1n) is 42.9. The van der Waals surface area contributed by atoms with Crippen molar-refractivity contribution < 1.29 is 0 Å². The van der Waals surface area contributed by atoms with Crippen LogP contribution in [-0.2, 0) is 0 Å². The highest BCUT2D eigenvalue weighted by Gasteiger charge is 2.27. The van der Waals surface area contributed by atoms with Crippen LogP contribution in [0.4, 0.5) is 34.1 Å². The summed E-state index contributed by atoms with van der Waals surface area (Å²) in [6.07, 6.45) is 15.8. The monoisotopic (exact) mass is 1600 g/mol. The summed E-state index contributed by atoms with van der Waals surface area (Å²) in [6.45, 7) is 0. The van der Waals surface area contributed by atoms with Gasteiger partial charge in [-0.2, -0.15) is 0 Å². The highest BCUT2D eigenvalue weighted by molar-refractivity contribution is 6.40. The maximum absolute atomic E-state index is 4.70. The van der Waals surface area contributed by atoms with Gasteiger partial charge in [0.15, 0.2) is 0 Å². The minimum Gasteiger partial charge on any atom is -0.311 e. The van der Waals surface area contributed by atoms with Crippen molar-refractivity contribution in [3.8, 4) is 22.7 Å². The number of anilines is 6. The number of para-hydroxylation sites is 4. The summed E-state index contributed by atoms with van der Waals surface area (Å²) in [5, 5.41) is 34.5. The van der Waals surface area contributed by atoms with E-state index in [4.69, 9.17) is 9.97 Å². The summed E-state index contributed by atoms with van der Waals surface area (Å²) >= 11 is 0. The van der Waals surface area contributed by atoms with E-state index in [1.165, 1.54) is 140 Å². The van der Waals surface area contributed by atoms with Crippen molar-refractivity contribution in [2.45, 2.75) is 0 Å². The molecular formula is C116H70N10. The van der Waals surface area contributed by atoms with Crippen molar-refractivity contribution >= 4 is 229 Å². The van der Waals surface area contributed by atoms with Crippen LogP contribution in [0, 0.1) is 0 Å². The number of hydrogen-bond acceptors (Lipinski definition) is 6. The molecule has 20 aromatic carbocycles. The predicted molar refractivity (Wildman–Crippen MR) is 528 cm³/mol. The first kappa shape index (κ1) is 69.7. The zero-order chi connectivity index (χ0) is 82.3. The average molecular weight is 1600 g/mol. The summed E-state index contributed by atoms with van der Waals surface area (Å²) in [7, 11) is 0. The quantitative estimate of drug-likeness (QED) is 0.127. The van der Waals surface area contributed by atoms with Crippen LogP contribution < -0.4 is 9.80 Å². The standard InChI is InChI=1S/C62H40N6.C54H30N4/c1-5-13-43(14-6-1)65(44-15-7-2-8-16-44)47-23-27-49(28-24-47)67-55-33-35-63-39-53(55)61-51-31-22-42-38-58-62(52-32-21-41(37-57(61)67)59(51)60(42)52)54-40-64-36-34-56(54)68(58)50-29-25-48(26-30-50)66(45-17-9-3-10-18-45)46-19-11-4-12-20-46;1-3-7-39-31(5-1)9-11-33-25-37(15-19-41(33)39)57-47-21-23-55-29-45(47)53-43-17-14-36-28-50-54(44-18-13-35(27-49(53)57)51(43)52(36)44)46-30-56-24-22-48(46)58(50)38-16-20-42-34(26-38)12-10-32-6-2-4-8-40(32)42/h1-40H;1-30H. The maximum Gasteiger partial charge on any atom is 0.0572 e. The first-order valence-corrected chi connectivity index (χ1v) is 42.9. The zero-order valence-electron chi connectivity index (χ0n) is 67.9. The molecule has 0 aliphatic carbocycles. The van der Waals surface area contributed by atoms with Gasteiger partial charge in [-0.15, -0.1) is 0 Å². The summed E-state index contributed by atoms with van der Waals surface area (Å²) < 4.78 is 9.67. The van der Waals surface area contributed by atoms with E-state index in [0.717, 1.165) is 112 Å². The van der Waals surface area contributed by atoms with Crippen molar-refractivity contribution in [1.29, 1.82) is 0 Å². The third kappa shape index (κ3) is 10.3. The summed E-state index contributed by atoms with van der Waals surface area (Å²) in [5.74, 6) is 0. The molecule has 0 unspecified atom stereocenters. The third-order valence-corrected chi connectivity index (χ3v) is 26.7. The molecule has 584 valence electrons. The first-order chi connectivity index (χ1) is 62.5. The maximum atomic E-state index is 4.70. The van der Waals surface area contributed by atoms with Crippen molar-refractivity contribution in [2.24, 2.45) is 0 Å². The van der Waals surface area contributed by atoms with Crippen LogP contribution in [0.25, 0.3) is 218 Å². The largest absolute Gasteiger partial charge is 0.311 e. The molecule has 28 aromatic rings. The molecule has 0 radical (unpaired) electrons. The van der Waals surface area contributed by atoms with E-state index in [0.29, 0.717) is 0 Å². The fourth-order valence-corrected chi connectivity index (χ4v) is 21.4. The molecule has 0 fully saturated rings. The fraction of sp³-hybridized carbons (Fsp3) is 0. The van der Waals surface area contributed by atoms with Crippen molar-refractivity contribution in [3.05, 3.63) is 426 Å². The summed E-state index contributed by atoms with van der Waals surface area (Å²) in [4.78, 5) is 23.4. The van der Waals surface area contributed by atoms with Crippen molar-refractivity contribution in [2.75, 3.05) is 9.80 Å². The van der Waals surface area contributed by atoms with E-state index in [9.17, 15) is 0 Å². The predicted octanol–water partition coefficient (Wildman–Crippen LogP) is 30.7. The Labute approximate surface area is 720 Å². The van der Waals surface area contributed by atoms with Crippen LogP contribution in [0.5, 0.6) is 0 Å². The minimum atomic E-state index is 1.09. The Morgan fingerprint density at radius 3 is 0.698 bits per heavy atom. The van der Waals surface area contributed by atoms with Gasteiger partial charge in [0.25, 0.3) is 0 Å². The Kier molecular flexibility index (Phi) is 15.1. The van der Waals surface area contributed by atoms with Gasteiger partial charge in [0.2, 0.25) is 0 Å². The number of rotatable bonds is 10. The van der Waals surface area contributed by atoms with Crippen LogP contribution in [-0.4, -0.2) is 38.2 Å². The molecule has 0 aliphatic rings. The molecule has 0 aliphatic heterocycles. The van der Waals surface area contributed by atoms with Crippen molar-refractivity contribution in [1.82, 2.24) is 38.2 Å². The lowest BCUT2D eigenvalue weighted by Crippen LogP contribution is -2.09. The highest BCUT2D eigenvalue weighted by atomic mass is 15.2. The lowest BCUT2D eigenvalue weighted by atomic mass is 9.90. The summed E-state index contributed by atoms with van der Waals surface area (Å²) in [5.41, 5.74) is 20.3. The molecule has 0 N–H and O–H groups in total. The van der Waals surface area contributed by atoms with Crippen LogP contribution in [0.1, 0.15) is 0 Å².